The van der Waals surface area contributed by atoms with Gasteiger partial charge in [-0.05, 0) is 29.7 Å². The number of H-pyrrole nitrogens is 1. The predicted octanol–water partition coefficient (Wildman–Crippen LogP) is 5.41. The number of amides is 1. The van der Waals surface area contributed by atoms with Gasteiger partial charge in [-0.25, -0.2) is 4.98 Å². The average molecular weight is 490 g/mol. The van der Waals surface area contributed by atoms with Crippen LogP contribution >= 0.6 is 46.3 Å². The molecule has 0 aliphatic rings. The maximum absolute atomic E-state index is 12.7. The summed E-state index contributed by atoms with van der Waals surface area (Å²) < 4.78 is 0. The molecule has 4 aromatic rings. The normalized spacial score (nSPS) is 11.0. The van der Waals surface area contributed by atoms with Crippen molar-refractivity contribution in [2.45, 2.75) is 11.6 Å². The largest absolute Gasteiger partial charge is 0.355 e. The Balaban J connectivity index is 1.37. The maximum atomic E-state index is 12.7. The zero-order valence-corrected chi connectivity index (χ0v) is 19.3. The van der Waals surface area contributed by atoms with E-state index in [-0.39, 0.29) is 17.2 Å². The summed E-state index contributed by atoms with van der Waals surface area (Å²) in [5, 5.41) is 6.95. The first kappa shape index (κ1) is 21.9. The minimum absolute atomic E-state index is 0.144. The number of aromatic nitrogens is 2. The Morgan fingerprint density at radius 1 is 1.16 bits per heavy atom. The standard InChI is InChI=1S/C22H17Cl2N3O2S2/c23-15-7-6-14(17(24)10-15)8-9-25-18(28)12-31-22-26-20(29)19-16(11-30-21(19)27-22)13-4-2-1-3-5-13/h1-7,10-11H,8-9,12H2,(H,25,28)(H,26,27,29). The molecule has 0 saturated heterocycles. The fraction of sp³-hybridized carbons (Fsp3) is 0.136. The highest BCUT2D eigenvalue weighted by Gasteiger charge is 2.14. The molecule has 0 unspecified atom stereocenters. The summed E-state index contributed by atoms with van der Waals surface area (Å²) in [6, 6.07) is 15.0. The Kier molecular flexibility index (Phi) is 6.97. The molecular formula is C22H17Cl2N3O2S2. The van der Waals surface area contributed by atoms with Gasteiger partial charge in [0.15, 0.2) is 5.16 Å². The van der Waals surface area contributed by atoms with Crippen LogP contribution in [0.3, 0.4) is 0 Å². The van der Waals surface area contributed by atoms with Crippen molar-refractivity contribution < 1.29 is 4.79 Å². The van der Waals surface area contributed by atoms with Gasteiger partial charge in [0.05, 0.1) is 11.1 Å². The SMILES string of the molecule is O=C(CSc1nc2scc(-c3ccccc3)c2c(=O)[nH]1)NCCc1ccc(Cl)cc1Cl. The van der Waals surface area contributed by atoms with E-state index in [1.807, 2.05) is 41.8 Å². The Labute approximate surface area is 196 Å². The van der Waals surface area contributed by atoms with Crippen LogP contribution in [-0.2, 0) is 11.2 Å². The van der Waals surface area contributed by atoms with Gasteiger partial charge in [-0.15, -0.1) is 11.3 Å². The van der Waals surface area contributed by atoms with Crippen LogP contribution in [0, 0.1) is 0 Å². The third-order valence-electron chi connectivity index (χ3n) is 4.58. The number of nitrogens with zero attached hydrogens (tertiary/aromatic N) is 1. The fourth-order valence-corrected chi connectivity index (χ4v) is 5.27. The maximum Gasteiger partial charge on any atom is 0.260 e. The molecule has 0 aliphatic carbocycles. The molecule has 0 fully saturated rings. The second-order valence-electron chi connectivity index (χ2n) is 6.69. The number of nitrogens with one attached hydrogen (secondary N) is 2. The first-order valence-corrected chi connectivity index (χ1v) is 12.0. The van der Waals surface area contributed by atoms with Gasteiger partial charge in [-0.2, -0.15) is 0 Å². The van der Waals surface area contributed by atoms with Gasteiger partial charge in [0, 0.05) is 27.5 Å². The van der Waals surface area contributed by atoms with Gasteiger partial charge in [-0.3, -0.25) is 9.59 Å². The number of carbonyl (C=O) groups excluding carboxylic acids is 1. The third-order valence-corrected chi connectivity index (χ3v) is 6.91. The number of thioether (sulfide) groups is 1. The van der Waals surface area contributed by atoms with Crippen LogP contribution in [0.25, 0.3) is 21.3 Å². The van der Waals surface area contributed by atoms with Gasteiger partial charge in [-0.1, -0.05) is 71.4 Å². The van der Waals surface area contributed by atoms with Crippen LogP contribution in [0.4, 0.5) is 0 Å². The minimum Gasteiger partial charge on any atom is -0.355 e. The summed E-state index contributed by atoms with van der Waals surface area (Å²) in [5.41, 5.74) is 2.55. The van der Waals surface area contributed by atoms with Crippen molar-refractivity contribution in [1.82, 2.24) is 15.3 Å². The molecule has 2 aromatic carbocycles. The van der Waals surface area contributed by atoms with Crippen LogP contribution in [-0.4, -0.2) is 28.2 Å². The lowest BCUT2D eigenvalue weighted by Crippen LogP contribution is -2.27. The summed E-state index contributed by atoms with van der Waals surface area (Å²) in [4.78, 5) is 32.8. The van der Waals surface area contributed by atoms with Gasteiger partial charge in [0.1, 0.15) is 4.83 Å². The van der Waals surface area contributed by atoms with E-state index in [4.69, 9.17) is 23.2 Å². The van der Waals surface area contributed by atoms with Crippen LogP contribution < -0.4 is 10.9 Å². The molecule has 2 aromatic heterocycles. The highest BCUT2D eigenvalue weighted by atomic mass is 35.5. The van der Waals surface area contributed by atoms with Crippen LogP contribution in [0.2, 0.25) is 10.0 Å². The van der Waals surface area contributed by atoms with Crippen molar-refractivity contribution in [3.63, 3.8) is 0 Å². The molecule has 4 rings (SSSR count). The number of halogens is 2. The predicted molar refractivity (Wildman–Crippen MR) is 130 cm³/mol. The fourth-order valence-electron chi connectivity index (χ4n) is 3.07. The first-order chi connectivity index (χ1) is 15.0. The monoisotopic (exact) mass is 489 g/mol. The van der Waals surface area contributed by atoms with Crippen molar-refractivity contribution in [2.24, 2.45) is 0 Å². The number of hydrogen-bond acceptors (Lipinski definition) is 5. The Bertz CT molecular complexity index is 1290. The lowest BCUT2D eigenvalue weighted by molar-refractivity contribution is -0.118. The smallest absolute Gasteiger partial charge is 0.260 e. The molecule has 5 nitrogen and oxygen atoms in total. The zero-order valence-electron chi connectivity index (χ0n) is 16.2. The van der Waals surface area contributed by atoms with Gasteiger partial charge < -0.3 is 10.3 Å². The van der Waals surface area contributed by atoms with Crippen molar-refractivity contribution in [1.29, 1.82) is 0 Å². The highest BCUT2D eigenvalue weighted by molar-refractivity contribution is 7.99. The second kappa shape index (κ2) is 9.87. The molecule has 0 atom stereocenters. The summed E-state index contributed by atoms with van der Waals surface area (Å²) >= 11 is 14.7. The highest BCUT2D eigenvalue weighted by Crippen LogP contribution is 2.31. The molecule has 0 radical (unpaired) electrons. The molecule has 9 heteroatoms. The van der Waals surface area contributed by atoms with Gasteiger partial charge in [0.2, 0.25) is 5.91 Å². The van der Waals surface area contributed by atoms with Crippen molar-refractivity contribution in [3.8, 4) is 11.1 Å². The van der Waals surface area contributed by atoms with E-state index in [1.54, 1.807) is 12.1 Å². The average Bonchev–Trinajstić information content (AvgIpc) is 3.19. The van der Waals surface area contributed by atoms with Gasteiger partial charge >= 0.3 is 0 Å². The van der Waals surface area contributed by atoms with Crippen LogP contribution in [0.1, 0.15) is 5.56 Å². The Morgan fingerprint density at radius 2 is 1.97 bits per heavy atom. The van der Waals surface area contributed by atoms with E-state index < -0.39 is 0 Å². The van der Waals surface area contributed by atoms with Crippen molar-refractivity contribution >= 4 is 62.4 Å². The number of carbonyl (C=O) groups is 1. The summed E-state index contributed by atoms with van der Waals surface area (Å²) in [6.07, 6.45) is 0.602. The van der Waals surface area contributed by atoms with E-state index in [9.17, 15) is 9.59 Å². The molecule has 2 heterocycles. The van der Waals surface area contributed by atoms with E-state index in [2.05, 4.69) is 15.3 Å². The third kappa shape index (κ3) is 5.30. The number of thiophene rings is 1. The Morgan fingerprint density at radius 3 is 2.74 bits per heavy atom. The van der Waals surface area contributed by atoms with Crippen molar-refractivity contribution in [3.05, 3.63) is 79.9 Å². The molecule has 2 N–H and O–H groups in total. The number of rotatable bonds is 7. The van der Waals surface area contributed by atoms with Crippen LogP contribution in [0.15, 0.2) is 63.9 Å². The van der Waals surface area contributed by atoms with E-state index in [0.717, 1.165) is 16.7 Å². The Hall–Kier alpha value is -2.32. The number of benzene rings is 2. The van der Waals surface area contributed by atoms with E-state index >= 15 is 0 Å². The number of aromatic amines is 1. The number of fused-ring (bicyclic) bond motifs is 1. The molecular weight excluding hydrogens is 473 g/mol. The molecule has 0 spiro atoms. The topological polar surface area (TPSA) is 74.8 Å². The quantitative estimate of drug-likeness (QED) is 0.268. The van der Waals surface area contributed by atoms with Crippen LogP contribution in [0.5, 0.6) is 0 Å². The summed E-state index contributed by atoms with van der Waals surface area (Å²) in [7, 11) is 0. The lowest BCUT2D eigenvalue weighted by Gasteiger charge is -2.07. The lowest BCUT2D eigenvalue weighted by atomic mass is 10.1. The summed E-state index contributed by atoms with van der Waals surface area (Å²) in [5.74, 6) is 0.00804. The molecule has 0 bridgehead atoms. The second-order valence-corrected chi connectivity index (χ2v) is 9.36. The zero-order chi connectivity index (χ0) is 21.8. The molecule has 1 amide bonds. The first-order valence-electron chi connectivity index (χ1n) is 9.41. The molecule has 0 aliphatic heterocycles. The molecule has 0 saturated carbocycles. The minimum atomic E-state index is -0.203. The van der Waals surface area contributed by atoms with E-state index in [1.165, 1.54) is 23.1 Å². The van der Waals surface area contributed by atoms with Gasteiger partial charge in [0.25, 0.3) is 5.56 Å². The molecule has 31 heavy (non-hydrogen) atoms. The number of hydrogen-bond donors (Lipinski definition) is 2. The van der Waals surface area contributed by atoms with Crippen molar-refractivity contribution in [2.75, 3.05) is 12.3 Å². The summed E-state index contributed by atoms with van der Waals surface area (Å²) in [6.45, 7) is 0.453. The van der Waals surface area contributed by atoms with E-state index in [0.29, 0.717) is 38.4 Å². The molecule has 158 valence electrons.